The fourth-order valence-electron chi connectivity index (χ4n) is 1.28. The lowest BCUT2D eigenvalue weighted by Gasteiger charge is -2.03. The number of aromatic nitrogens is 1. The lowest BCUT2D eigenvalue weighted by Crippen LogP contribution is -1.95. The molecule has 0 amide bonds. The fourth-order valence-corrected chi connectivity index (χ4v) is 1.95. The second-order valence-electron chi connectivity index (χ2n) is 3.16. The molecule has 2 N–H and O–H groups in total. The van der Waals surface area contributed by atoms with Crippen LogP contribution in [-0.4, -0.2) is 12.0 Å². The van der Waals surface area contributed by atoms with Crippen LogP contribution in [0.15, 0.2) is 24.3 Å². The van der Waals surface area contributed by atoms with E-state index >= 15 is 0 Å². The number of hydrogen-bond acceptors (Lipinski definition) is 5. The molecule has 0 fully saturated rings. The molecule has 1 aromatic carbocycles. The molecule has 86 valence electrons. The Kier molecular flexibility index (Phi) is 3.21. The number of para-hydroxylation sites is 1. The molecule has 0 bridgehead atoms. The van der Waals surface area contributed by atoms with Gasteiger partial charge < -0.3 is 10.6 Å². The van der Waals surface area contributed by atoms with Crippen molar-refractivity contribution in [1.82, 2.24) is 4.98 Å². The van der Waals surface area contributed by atoms with Gasteiger partial charge in [0.2, 0.25) is 0 Å². The maximum atomic E-state index is 13.4. The summed E-state index contributed by atoms with van der Waals surface area (Å²) in [5.74, 6) is -0.0117. The predicted octanol–water partition coefficient (Wildman–Crippen LogP) is 2.94. The molecule has 2 rings (SSSR count). The van der Waals surface area contributed by atoms with Gasteiger partial charge in [-0.1, -0.05) is 23.5 Å². The highest BCUT2D eigenvalue weighted by molar-refractivity contribution is 7.16. The molecule has 0 radical (unpaired) electrons. The van der Waals surface area contributed by atoms with Crippen LogP contribution in [0.4, 0.5) is 21.0 Å². The van der Waals surface area contributed by atoms with E-state index < -0.39 is 0 Å². The molecule has 0 saturated heterocycles. The van der Waals surface area contributed by atoms with Crippen LogP contribution in [0, 0.1) is 17.1 Å². The Balaban J connectivity index is 2.33. The molecule has 2 aromatic rings. The van der Waals surface area contributed by atoms with E-state index in [0.29, 0.717) is 21.5 Å². The average molecular weight is 248 g/mol. The summed E-state index contributed by atoms with van der Waals surface area (Å²) in [5, 5.41) is 15.2. The monoisotopic (exact) mass is 248 g/mol. The van der Waals surface area contributed by atoms with Gasteiger partial charge in [-0.15, -0.1) is 0 Å². The van der Waals surface area contributed by atoms with Gasteiger partial charge in [-0.3, -0.25) is 0 Å². The number of halogens is 1. The molecule has 0 aliphatic carbocycles. The van der Waals surface area contributed by atoms with Crippen LogP contribution in [-0.2, 0) is 0 Å². The molecule has 17 heavy (non-hydrogen) atoms. The second-order valence-corrected chi connectivity index (χ2v) is 4.16. The molecule has 0 atom stereocenters. The minimum Gasteiger partial charge on any atom is -0.364 e. The van der Waals surface area contributed by atoms with Crippen LogP contribution in [0.1, 0.15) is 4.88 Å². The fraction of sp³-hybridized carbons (Fsp3) is 0.0909. The van der Waals surface area contributed by atoms with Gasteiger partial charge in [-0.25, -0.2) is 9.37 Å². The van der Waals surface area contributed by atoms with Crippen molar-refractivity contribution in [2.45, 2.75) is 0 Å². The van der Waals surface area contributed by atoms with Crippen LogP contribution in [0.2, 0.25) is 0 Å². The quantitative estimate of drug-likeness (QED) is 0.876. The second kappa shape index (κ2) is 4.80. The lowest BCUT2D eigenvalue weighted by molar-refractivity contribution is 0.632. The van der Waals surface area contributed by atoms with E-state index in [2.05, 4.69) is 15.6 Å². The Bertz CT molecular complexity index is 573. The van der Waals surface area contributed by atoms with Gasteiger partial charge in [0.05, 0.1) is 5.69 Å². The third-order valence-electron chi connectivity index (χ3n) is 2.07. The minimum absolute atomic E-state index is 0.303. The van der Waals surface area contributed by atoms with Crippen LogP contribution in [0.3, 0.4) is 0 Å². The van der Waals surface area contributed by atoms with Crippen molar-refractivity contribution in [3.63, 3.8) is 0 Å². The standard InChI is InChI=1S/C11H9FN4S/c1-14-11-16-10(9(6-13)17-11)15-8-5-3-2-4-7(8)12/h2-5,15H,1H3,(H,14,16). The molecule has 6 heteroatoms. The molecule has 1 aromatic heterocycles. The van der Waals surface area contributed by atoms with Gasteiger partial charge >= 0.3 is 0 Å². The normalized spacial score (nSPS) is 9.71. The SMILES string of the molecule is CNc1nc(Nc2ccccc2F)c(C#N)s1. The molecule has 0 aliphatic heterocycles. The Labute approximate surface area is 102 Å². The Hall–Kier alpha value is -2.13. The molecular formula is C11H9FN4S. The van der Waals surface area contributed by atoms with E-state index in [1.165, 1.54) is 17.4 Å². The third-order valence-corrected chi connectivity index (χ3v) is 3.05. The summed E-state index contributed by atoms with van der Waals surface area (Å²) < 4.78 is 13.4. The van der Waals surface area contributed by atoms with Crippen molar-refractivity contribution in [3.05, 3.63) is 35.0 Å². The molecule has 0 saturated carbocycles. The number of benzene rings is 1. The summed E-state index contributed by atoms with van der Waals surface area (Å²) in [6.07, 6.45) is 0. The van der Waals surface area contributed by atoms with Gasteiger partial charge in [0.25, 0.3) is 0 Å². The predicted molar refractivity (Wildman–Crippen MR) is 66.1 cm³/mol. The maximum Gasteiger partial charge on any atom is 0.185 e. The zero-order chi connectivity index (χ0) is 12.3. The van der Waals surface area contributed by atoms with Crippen molar-refractivity contribution in [2.75, 3.05) is 17.7 Å². The number of anilines is 3. The van der Waals surface area contributed by atoms with E-state index in [4.69, 9.17) is 5.26 Å². The summed E-state index contributed by atoms with van der Waals surface area (Å²) in [6, 6.07) is 8.27. The van der Waals surface area contributed by atoms with Crippen LogP contribution >= 0.6 is 11.3 Å². The number of nitriles is 1. The zero-order valence-corrected chi connectivity index (χ0v) is 9.81. The number of nitrogens with zero attached hydrogens (tertiary/aromatic N) is 2. The summed E-state index contributed by atoms with van der Waals surface area (Å²) in [5.41, 5.74) is 0.303. The zero-order valence-electron chi connectivity index (χ0n) is 8.99. The number of hydrogen-bond donors (Lipinski definition) is 2. The van der Waals surface area contributed by atoms with Crippen molar-refractivity contribution >= 4 is 28.0 Å². The van der Waals surface area contributed by atoms with Gasteiger partial charge in [0.15, 0.2) is 15.8 Å². The smallest absolute Gasteiger partial charge is 0.185 e. The number of nitrogens with one attached hydrogen (secondary N) is 2. The van der Waals surface area contributed by atoms with Gasteiger partial charge in [-0.2, -0.15) is 5.26 Å². The lowest BCUT2D eigenvalue weighted by atomic mass is 10.3. The maximum absolute atomic E-state index is 13.4. The minimum atomic E-state index is -0.379. The summed E-state index contributed by atoms with van der Waals surface area (Å²) in [7, 11) is 1.72. The van der Waals surface area contributed by atoms with E-state index in [0.717, 1.165) is 0 Å². The van der Waals surface area contributed by atoms with Crippen molar-refractivity contribution < 1.29 is 4.39 Å². The average Bonchev–Trinajstić information content (AvgIpc) is 2.74. The highest BCUT2D eigenvalue weighted by Crippen LogP contribution is 2.29. The van der Waals surface area contributed by atoms with Crippen LogP contribution < -0.4 is 10.6 Å². The molecule has 1 heterocycles. The summed E-state index contributed by atoms with van der Waals surface area (Å²) in [4.78, 5) is 4.56. The van der Waals surface area contributed by atoms with Gasteiger partial charge in [-0.05, 0) is 12.1 Å². The molecule has 0 spiro atoms. The first-order chi connectivity index (χ1) is 8.24. The first-order valence-corrected chi connectivity index (χ1v) is 5.66. The number of thiazole rings is 1. The third kappa shape index (κ3) is 2.34. The van der Waals surface area contributed by atoms with Gasteiger partial charge in [0, 0.05) is 7.05 Å². The largest absolute Gasteiger partial charge is 0.364 e. The van der Waals surface area contributed by atoms with Crippen molar-refractivity contribution in [2.24, 2.45) is 0 Å². The topological polar surface area (TPSA) is 60.7 Å². The van der Waals surface area contributed by atoms with Crippen LogP contribution in [0.5, 0.6) is 0 Å². The molecular weight excluding hydrogens is 239 g/mol. The Morgan fingerprint density at radius 2 is 2.18 bits per heavy atom. The van der Waals surface area contributed by atoms with E-state index in [-0.39, 0.29) is 5.82 Å². The Morgan fingerprint density at radius 3 is 2.82 bits per heavy atom. The molecule has 0 aliphatic rings. The van der Waals surface area contributed by atoms with Crippen molar-refractivity contribution in [3.8, 4) is 6.07 Å². The first kappa shape index (κ1) is 11.4. The van der Waals surface area contributed by atoms with Gasteiger partial charge in [0.1, 0.15) is 11.9 Å². The Morgan fingerprint density at radius 1 is 1.41 bits per heavy atom. The van der Waals surface area contributed by atoms with Crippen LogP contribution in [0.25, 0.3) is 0 Å². The van der Waals surface area contributed by atoms with E-state index in [1.54, 1.807) is 25.2 Å². The van der Waals surface area contributed by atoms with Crippen molar-refractivity contribution in [1.29, 1.82) is 5.26 Å². The molecule has 4 nitrogen and oxygen atoms in total. The highest BCUT2D eigenvalue weighted by atomic mass is 32.1. The van der Waals surface area contributed by atoms with E-state index in [9.17, 15) is 4.39 Å². The summed E-state index contributed by atoms with van der Waals surface area (Å²) in [6.45, 7) is 0. The number of rotatable bonds is 3. The first-order valence-electron chi connectivity index (χ1n) is 4.85. The summed E-state index contributed by atoms with van der Waals surface area (Å²) >= 11 is 1.22. The van der Waals surface area contributed by atoms with E-state index in [1.807, 2.05) is 6.07 Å². The molecule has 0 unspecified atom stereocenters. The highest BCUT2D eigenvalue weighted by Gasteiger charge is 2.11.